The van der Waals surface area contributed by atoms with Crippen LogP contribution in [0, 0.1) is 0 Å². The summed E-state index contributed by atoms with van der Waals surface area (Å²) in [5.74, 6) is 0. The van der Waals surface area contributed by atoms with Gasteiger partial charge >= 0.3 is 0 Å². The van der Waals surface area contributed by atoms with E-state index in [0.29, 0.717) is 0 Å². The fraction of sp³-hybridized carbons (Fsp3) is 0.0909. The molecule has 0 fully saturated rings. The molecule has 0 aliphatic carbocycles. The van der Waals surface area contributed by atoms with Gasteiger partial charge < -0.3 is 0 Å². The second kappa shape index (κ2) is 4.94. The Morgan fingerprint density at radius 3 is 2.25 bits per heavy atom. The number of hydrogen-bond donors (Lipinski definition) is 0. The molecule has 0 spiro atoms. The molecule has 0 atom stereocenters. The molecule has 0 radical (unpaired) electrons. The average Bonchev–Trinajstić information content (AvgIpc) is 2.15. The van der Waals surface area contributed by atoms with Gasteiger partial charge in [-0.2, -0.15) is 0 Å². The van der Waals surface area contributed by atoms with Crippen LogP contribution in [0.4, 0.5) is 0 Å². The van der Waals surface area contributed by atoms with Crippen molar-refractivity contribution < 1.29 is 0 Å². The van der Waals surface area contributed by atoms with Crippen molar-refractivity contribution in [3.8, 4) is 0 Å². The third kappa shape index (κ3) is 2.67. The number of alkyl halides is 1. The van der Waals surface area contributed by atoms with E-state index in [1.165, 1.54) is 5.56 Å². The van der Waals surface area contributed by atoms with Crippen molar-refractivity contribution in [2.45, 2.75) is 0 Å². The molecular formula is C11H11Br. The van der Waals surface area contributed by atoms with Gasteiger partial charge in [-0.1, -0.05) is 65.0 Å². The molecule has 12 heavy (non-hydrogen) atoms. The summed E-state index contributed by atoms with van der Waals surface area (Å²) in [7, 11) is 0. The van der Waals surface area contributed by atoms with E-state index in [1.54, 1.807) is 0 Å². The van der Waals surface area contributed by atoms with E-state index in [-0.39, 0.29) is 0 Å². The molecule has 1 heteroatoms. The minimum Gasteiger partial charge on any atom is -0.0985 e. The van der Waals surface area contributed by atoms with Crippen molar-refractivity contribution in [1.82, 2.24) is 0 Å². The zero-order valence-electron chi connectivity index (χ0n) is 6.83. The Morgan fingerprint density at radius 1 is 1.17 bits per heavy atom. The highest BCUT2D eigenvalue weighted by atomic mass is 79.9. The molecule has 0 amide bonds. The fourth-order valence-corrected chi connectivity index (χ4v) is 1.11. The standard InChI is InChI=1S/C11H11Br/c1-2-10-5-7-11(8-6-10)4-3-9-12/h2-8H,1,9H2. The molecule has 0 aromatic heterocycles. The van der Waals surface area contributed by atoms with Crippen LogP contribution in [0.2, 0.25) is 0 Å². The van der Waals surface area contributed by atoms with Crippen LogP contribution >= 0.6 is 15.9 Å². The zero-order valence-corrected chi connectivity index (χ0v) is 8.42. The van der Waals surface area contributed by atoms with Crippen LogP contribution in [0.25, 0.3) is 12.2 Å². The summed E-state index contributed by atoms with van der Waals surface area (Å²) in [6.07, 6.45) is 6.00. The third-order valence-electron chi connectivity index (χ3n) is 1.57. The Bertz CT molecular complexity index is 270. The first-order chi connectivity index (χ1) is 5.86. The Balaban J connectivity index is 2.77. The number of hydrogen-bond acceptors (Lipinski definition) is 0. The predicted molar refractivity (Wildman–Crippen MR) is 59.4 cm³/mol. The molecular weight excluding hydrogens is 212 g/mol. The molecule has 0 heterocycles. The molecule has 1 aromatic carbocycles. The molecule has 0 unspecified atom stereocenters. The van der Waals surface area contributed by atoms with Crippen LogP contribution in [0.15, 0.2) is 36.9 Å². The van der Waals surface area contributed by atoms with Crippen LogP contribution in [0.3, 0.4) is 0 Å². The Labute approximate surface area is 81.7 Å². The topological polar surface area (TPSA) is 0 Å². The smallest absolute Gasteiger partial charge is 0.0215 e. The van der Waals surface area contributed by atoms with Crippen LogP contribution in [-0.4, -0.2) is 5.33 Å². The van der Waals surface area contributed by atoms with E-state index in [1.807, 2.05) is 6.08 Å². The normalized spacial score (nSPS) is 10.4. The van der Waals surface area contributed by atoms with E-state index in [2.05, 4.69) is 58.9 Å². The van der Waals surface area contributed by atoms with Gasteiger partial charge in [-0.15, -0.1) is 0 Å². The molecule has 1 rings (SSSR count). The maximum Gasteiger partial charge on any atom is 0.0215 e. The van der Waals surface area contributed by atoms with E-state index < -0.39 is 0 Å². The van der Waals surface area contributed by atoms with Crippen LogP contribution < -0.4 is 0 Å². The van der Waals surface area contributed by atoms with Crippen molar-refractivity contribution in [2.24, 2.45) is 0 Å². The summed E-state index contributed by atoms with van der Waals surface area (Å²) in [6.45, 7) is 3.70. The molecule has 0 aliphatic heterocycles. The van der Waals surface area contributed by atoms with Crippen molar-refractivity contribution >= 4 is 28.1 Å². The van der Waals surface area contributed by atoms with E-state index in [4.69, 9.17) is 0 Å². The quantitative estimate of drug-likeness (QED) is 0.684. The summed E-state index contributed by atoms with van der Waals surface area (Å²) in [6, 6.07) is 8.27. The van der Waals surface area contributed by atoms with Crippen LogP contribution in [-0.2, 0) is 0 Å². The van der Waals surface area contributed by atoms with Gasteiger partial charge in [-0.3, -0.25) is 0 Å². The van der Waals surface area contributed by atoms with Crippen molar-refractivity contribution in [3.05, 3.63) is 48.0 Å². The largest absolute Gasteiger partial charge is 0.0985 e. The van der Waals surface area contributed by atoms with Gasteiger partial charge in [0, 0.05) is 5.33 Å². The van der Waals surface area contributed by atoms with Gasteiger partial charge in [-0.05, 0) is 11.1 Å². The second-order valence-electron chi connectivity index (χ2n) is 2.43. The summed E-state index contributed by atoms with van der Waals surface area (Å²) in [4.78, 5) is 0. The molecule has 0 nitrogen and oxygen atoms in total. The number of allylic oxidation sites excluding steroid dienone is 1. The van der Waals surface area contributed by atoms with Gasteiger partial charge in [-0.25, -0.2) is 0 Å². The van der Waals surface area contributed by atoms with Crippen LogP contribution in [0.5, 0.6) is 0 Å². The van der Waals surface area contributed by atoms with Crippen molar-refractivity contribution in [3.63, 3.8) is 0 Å². The maximum atomic E-state index is 3.70. The van der Waals surface area contributed by atoms with Gasteiger partial charge in [0.1, 0.15) is 0 Å². The number of benzene rings is 1. The SMILES string of the molecule is C=Cc1ccc(C=CCBr)cc1. The zero-order chi connectivity index (χ0) is 8.81. The highest BCUT2D eigenvalue weighted by Gasteiger charge is 1.85. The molecule has 0 aliphatic rings. The minimum atomic E-state index is 0.899. The van der Waals surface area contributed by atoms with E-state index in [0.717, 1.165) is 10.9 Å². The highest BCUT2D eigenvalue weighted by Crippen LogP contribution is 2.06. The lowest BCUT2D eigenvalue weighted by atomic mass is 10.1. The molecule has 62 valence electrons. The van der Waals surface area contributed by atoms with E-state index in [9.17, 15) is 0 Å². The summed E-state index contributed by atoms with van der Waals surface area (Å²) in [5.41, 5.74) is 2.38. The Morgan fingerprint density at radius 2 is 1.75 bits per heavy atom. The van der Waals surface area contributed by atoms with Crippen molar-refractivity contribution in [1.29, 1.82) is 0 Å². The third-order valence-corrected chi connectivity index (χ3v) is 1.95. The summed E-state index contributed by atoms with van der Waals surface area (Å²) >= 11 is 3.33. The first kappa shape index (κ1) is 9.27. The summed E-state index contributed by atoms with van der Waals surface area (Å²) < 4.78 is 0. The number of rotatable bonds is 3. The lowest BCUT2D eigenvalue weighted by Crippen LogP contribution is -1.73. The first-order valence-corrected chi connectivity index (χ1v) is 4.94. The number of halogens is 1. The van der Waals surface area contributed by atoms with Gasteiger partial charge in [0.15, 0.2) is 0 Å². The summed E-state index contributed by atoms with van der Waals surface area (Å²) in [5, 5.41) is 0.899. The van der Waals surface area contributed by atoms with Crippen LogP contribution in [0.1, 0.15) is 11.1 Å². The molecule has 0 bridgehead atoms. The Kier molecular flexibility index (Phi) is 3.81. The van der Waals surface area contributed by atoms with Gasteiger partial charge in [0.2, 0.25) is 0 Å². The molecule has 0 saturated heterocycles. The second-order valence-corrected chi connectivity index (χ2v) is 3.07. The monoisotopic (exact) mass is 222 g/mol. The average molecular weight is 223 g/mol. The van der Waals surface area contributed by atoms with Crippen molar-refractivity contribution in [2.75, 3.05) is 5.33 Å². The Hall–Kier alpha value is -0.820. The molecule has 0 saturated carbocycles. The first-order valence-electron chi connectivity index (χ1n) is 3.82. The predicted octanol–water partition coefficient (Wildman–Crippen LogP) is 3.74. The van der Waals surface area contributed by atoms with E-state index >= 15 is 0 Å². The lowest BCUT2D eigenvalue weighted by molar-refractivity contribution is 1.62. The molecule has 1 aromatic rings. The van der Waals surface area contributed by atoms with Gasteiger partial charge in [0.25, 0.3) is 0 Å². The molecule has 0 N–H and O–H groups in total. The maximum absolute atomic E-state index is 3.70. The minimum absolute atomic E-state index is 0.899. The fourth-order valence-electron chi connectivity index (χ4n) is 0.924. The lowest BCUT2D eigenvalue weighted by Gasteiger charge is -1.94. The highest BCUT2D eigenvalue weighted by molar-refractivity contribution is 9.09. The van der Waals surface area contributed by atoms with Gasteiger partial charge in [0.05, 0.1) is 0 Å².